The summed E-state index contributed by atoms with van der Waals surface area (Å²) in [7, 11) is 5.80. The molecule has 3 heteroatoms. The first-order chi connectivity index (χ1) is 10.2. The molecular formula is C18H24N2O. The van der Waals surface area contributed by atoms with Crippen LogP contribution in [0.1, 0.15) is 24.9 Å². The fraction of sp³-hybridized carbons (Fsp3) is 0.333. The SMILES string of the molecule is CCC(NC)c1ccccc1N(C)c1ccc(OC)cc1. The van der Waals surface area contributed by atoms with Crippen LogP contribution in [0.15, 0.2) is 48.5 Å². The van der Waals surface area contributed by atoms with Gasteiger partial charge in [0.2, 0.25) is 0 Å². The minimum Gasteiger partial charge on any atom is -0.497 e. The molecule has 1 N–H and O–H groups in total. The summed E-state index contributed by atoms with van der Waals surface area (Å²) >= 11 is 0. The molecule has 0 aliphatic heterocycles. The van der Waals surface area contributed by atoms with Crippen LogP contribution in [0.3, 0.4) is 0 Å². The van der Waals surface area contributed by atoms with Crippen molar-refractivity contribution in [3.63, 3.8) is 0 Å². The van der Waals surface area contributed by atoms with Crippen molar-refractivity contribution in [1.29, 1.82) is 0 Å². The average molecular weight is 284 g/mol. The van der Waals surface area contributed by atoms with Crippen molar-refractivity contribution >= 4 is 11.4 Å². The number of benzene rings is 2. The number of hydrogen-bond acceptors (Lipinski definition) is 3. The zero-order valence-electron chi connectivity index (χ0n) is 13.3. The minimum absolute atomic E-state index is 0.363. The molecule has 0 amide bonds. The van der Waals surface area contributed by atoms with E-state index < -0.39 is 0 Å². The third kappa shape index (κ3) is 3.37. The van der Waals surface area contributed by atoms with Crippen LogP contribution in [0, 0.1) is 0 Å². The van der Waals surface area contributed by atoms with Gasteiger partial charge in [-0.25, -0.2) is 0 Å². The van der Waals surface area contributed by atoms with Gasteiger partial charge >= 0.3 is 0 Å². The highest BCUT2D eigenvalue weighted by Crippen LogP contribution is 2.32. The lowest BCUT2D eigenvalue weighted by Crippen LogP contribution is -2.19. The maximum Gasteiger partial charge on any atom is 0.119 e. The van der Waals surface area contributed by atoms with Crippen LogP contribution in [0.2, 0.25) is 0 Å². The highest BCUT2D eigenvalue weighted by atomic mass is 16.5. The lowest BCUT2D eigenvalue weighted by atomic mass is 10.0. The monoisotopic (exact) mass is 284 g/mol. The molecule has 2 aromatic rings. The first-order valence-electron chi connectivity index (χ1n) is 7.35. The molecule has 0 bridgehead atoms. The molecular weight excluding hydrogens is 260 g/mol. The number of para-hydroxylation sites is 1. The van der Waals surface area contributed by atoms with Gasteiger partial charge in [-0.3, -0.25) is 0 Å². The van der Waals surface area contributed by atoms with E-state index >= 15 is 0 Å². The number of rotatable bonds is 6. The quantitative estimate of drug-likeness (QED) is 0.863. The molecule has 0 aliphatic carbocycles. The summed E-state index contributed by atoms with van der Waals surface area (Å²) in [5.41, 5.74) is 3.69. The van der Waals surface area contributed by atoms with Crippen molar-refractivity contribution in [3.05, 3.63) is 54.1 Å². The Bertz CT molecular complexity index is 562. The number of ether oxygens (including phenoxy) is 1. The molecule has 0 spiro atoms. The standard InChI is InChI=1S/C18H24N2O/c1-5-17(19-2)16-8-6-7-9-18(16)20(3)14-10-12-15(21-4)13-11-14/h6-13,17,19H,5H2,1-4H3. The van der Waals surface area contributed by atoms with Gasteiger partial charge in [-0.1, -0.05) is 25.1 Å². The summed E-state index contributed by atoms with van der Waals surface area (Å²) in [5.74, 6) is 0.877. The van der Waals surface area contributed by atoms with E-state index in [1.807, 2.05) is 19.2 Å². The van der Waals surface area contributed by atoms with Crippen LogP contribution in [0.5, 0.6) is 5.75 Å². The van der Waals surface area contributed by atoms with E-state index in [1.54, 1.807) is 7.11 Å². The second kappa shape index (κ2) is 7.14. The molecule has 0 aliphatic rings. The van der Waals surface area contributed by atoms with Crippen molar-refractivity contribution in [3.8, 4) is 5.75 Å². The summed E-state index contributed by atoms with van der Waals surface area (Å²) in [6.07, 6.45) is 1.06. The van der Waals surface area contributed by atoms with Gasteiger partial charge in [0.1, 0.15) is 5.75 Å². The maximum atomic E-state index is 5.22. The fourth-order valence-corrected chi connectivity index (χ4v) is 2.61. The number of methoxy groups -OCH3 is 1. The number of nitrogens with one attached hydrogen (secondary N) is 1. The molecule has 3 nitrogen and oxygen atoms in total. The Labute approximate surface area is 127 Å². The van der Waals surface area contributed by atoms with Gasteiger partial charge in [0.25, 0.3) is 0 Å². The van der Waals surface area contributed by atoms with Crippen molar-refractivity contribution < 1.29 is 4.74 Å². The van der Waals surface area contributed by atoms with Crippen LogP contribution in [0.25, 0.3) is 0 Å². The van der Waals surface area contributed by atoms with E-state index in [1.165, 1.54) is 11.3 Å². The average Bonchev–Trinajstić information content (AvgIpc) is 2.56. The normalized spacial score (nSPS) is 12.0. The molecule has 2 aromatic carbocycles. The van der Waals surface area contributed by atoms with Gasteiger partial charge in [-0.05, 0) is 49.4 Å². The first kappa shape index (κ1) is 15.4. The zero-order chi connectivity index (χ0) is 15.2. The molecule has 0 saturated heterocycles. The Hall–Kier alpha value is -2.00. The Morgan fingerprint density at radius 3 is 2.33 bits per heavy atom. The summed E-state index contributed by atoms with van der Waals surface area (Å²) < 4.78 is 5.22. The second-order valence-corrected chi connectivity index (χ2v) is 5.07. The van der Waals surface area contributed by atoms with E-state index in [9.17, 15) is 0 Å². The van der Waals surface area contributed by atoms with Gasteiger partial charge in [-0.15, -0.1) is 0 Å². The fourth-order valence-electron chi connectivity index (χ4n) is 2.61. The third-order valence-corrected chi connectivity index (χ3v) is 3.89. The maximum absolute atomic E-state index is 5.22. The van der Waals surface area contributed by atoms with Crippen LogP contribution >= 0.6 is 0 Å². The zero-order valence-corrected chi connectivity index (χ0v) is 13.3. The highest BCUT2D eigenvalue weighted by Gasteiger charge is 2.14. The predicted octanol–water partition coefficient (Wildman–Crippen LogP) is 4.13. The molecule has 0 saturated carbocycles. The molecule has 21 heavy (non-hydrogen) atoms. The molecule has 0 radical (unpaired) electrons. The van der Waals surface area contributed by atoms with Gasteiger partial charge in [0.15, 0.2) is 0 Å². The predicted molar refractivity (Wildman–Crippen MR) is 89.6 cm³/mol. The minimum atomic E-state index is 0.363. The summed E-state index contributed by atoms with van der Waals surface area (Å²) in [6.45, 7) is 2.20. The lowest BCUT2D eigenvalue weighted by Gasteiger charge is -2.26. The van der Waals surface area contributed by atoms with E-state index in [0.29, 0.717) is 6.04 Å². The lowest BCUT2D eigenvalue weighted by molar-refractivity contribution is 0.415. The smallest absolute Gasteiger partial charge is 0.119 e. The summed E-state index contributed by atoms with van der Waals surface area (Å²) in [5, 5.41) is 3.39. The highest BCUT2D eigenvalue weighted by molar-refractivity contribution is 5.66. The van der Waals surface area contributed by atoms with Gasteiger partial charge in [-0.2, -0.15) is 0 Å². The summed E-state index contributed by atoms with van der Waals surface area (Å²) in [6, 6.07) is 17.0. The molecule has 1 unspecified atom stereocenters. The largest absolute Gasteiger partial charge is 0.497 e. The number of nitrogens with zero attached hydrogens (tertiary/aromatic N) is 1. The van der Waals surface area contributed by atoms with Gasteiger partial charge in [0, 0.05) is 24.5 Å². The van der Waals surface area contributed by atoms with E-state index in [0.717, 1.165) is 17.9 Å². The molecule has 112 valence electrons. The van der Waals surface area contributed by atoms with Gasteiger partial charge in [0.05, 0.1) is 7.11 Å². The van der Waals surface area contributed by atoms with Crippen LogP contribution in [0.4, 0.5) is 11.4 Å². The van der Waals surface area contributed by atoms with E-state index in [4.69, 9.17) is 4.74 Å². The molecule has 1 atom stereocenters. The second-order valence-electron chi connectivity index (χ2n) is 5.07. The topological polar surface area (TPSA) is 24.5 Å². The van der Waals surface area contributed by atoms with Crippen molar-refractivity contribution in [1.82, 2.24) is 5.32 Å². The van der Waals surface area contributed by atoms with Crippen molar-refractivity contribution in [2.75, 3.05) is 26.1 Å². The molecule has 0 aromatic heterocycles. The van der Waals surface area contributed by atoms with E-state index in [-0.39, 0.29) is 0 Å². The Morgan fingerprint density at radius 1 is 1.10 bits per heavy atom. The Kier molecular flexibility index (Phi) is 5.23. The Balaban J connectivity index is 2.35. The molecule has 0 fully saturated rings. The third-order valence-electron chi connectivity index (χ3n) is 3.89. The number of hydrogen-bond donors (Lipinski definition) is 1. The molecule has 2 rings (SSSR count). The molecule has 0 heterocycles. The van der Waals surface area contributed by atoms with Crippen molar-refractivity contribution in [2.24, 2.45) is 0 Å². The van der Waals surface area contributed by atoms with Crippen LogP contribution in [-0.2, 0) is 0 Å². The van der Waals surface area contributed by atoms with Crippen LogP contribution < -0.4 is 15.0 Å². The van der Waals surface area contributed by atoms with E-state index in [2.05, 4.69) is 60.6 Å². The van der Waals surface area contributed by atoms with Gasteiger partial charge < -0.3 is 15.0 Å². The van der Waals surface area contributed by atoms with Crippen molar-refractivity contribution in [2.45, 2.75) is 19.4 Å². The summed E-state index contributed by atoms with van der Waals surface area (Å²) in [4.78, 5) is 2.22. The van der Waals surface area contributed by atoms with Crippen LogP contribution in [-0.4, -0.2) is 21.2 Å². The number of anilines is 2. The first-order valence-corrected chi connectivity index (χ1v) is 7.35. The Morgan fingerprint density at radius 2 is 1.76 bits per heavy atom.